The lowest BCUT2D eigenvalue weighted by atomic mass is 10.2. The van der Waals surface area contributed by atoms with Gasteiger partial charge in [-0.25, -0.2) is 0 Å². The average molecular weight is 142 g/mol. The molecular weight excluding hydrogens is 136 g/mol. The van der Waals surface area contributed by atoms with Gasteiger partial charge in [-0.3, -0.25) is 4.79 Å². The zero-order valence-corrected chi connectivity index (χ0v) is 4.98. The van der Waals surface area contributed by atoms with Crippen molar-refractivity contribution in [2.75, 3.05) is 0 Å². The van der Waals surface area contributed by atoms with Gasteiger partial charge in [0.2, 0.25) is 0 Å². The smallest absolute Gasteiger partial charge is 0.314 e. The number of hydrogen-bond donors (Lipinski definition) is 3. The summed E-state index contributed by atoms with van der Waals surface area (Å²) < 4.78 is 0. The van der Waals surface area contributed by atoms with E-state index in [2.05, 4.69) is 0 Å². The maximum Gasteiger partial charge on any atom is 0.314 e. The first-order valence-corrected chi connectivity index (χ1v) is 2.66. The molecule has 1 aliphatic carbocycles. The van der Waals surface area contributed by atoms with E-state index in [0.29, 0.717) is 0 Å². The first-order chi connectivity index (χ1) is 4.61. The van der Waals surface area contributed by atoms with E-state index < -0.39 is 11.9 Å². The number of aliphatic hydroxyl groups excluding tert-OH is 2. The van der Waals surface area contributed by atoms with Crippen molar-refractivity contribution < 1.29 is 20.1 Å². The number of hydrogen-bond acceptors (Lipinski definition) is 3. The molecule has 0 atom stereocenters. The van der Waals surface area contributed by atoms with E-state index in [1.807, 2.05) is 0 Å². The third-order valence-corrected chi connectivity index (χ3v) is 1.22. The topological polar surface area (TPSA) is 77.8 Å². The highest BCUT2D eigenvalue weighted by molar-refractivity contribution is 5.76. The Labute approximate surface area is 56.7 Å². The molecule has 10 heavy (non-hydrogen) atoms. The Morgan fingerprint density at radius 2 is 1.70 bits per heavy atom. The molecule has 0 fully saturated rings. The first-order valence-electron chi connectivity index (χ1n) is 2.66. The summed E-state index contributed by atoms with van der Waals surface area (Å²) in [6.07, 6.45) is 2.13. The van der Waals surface area contributed by atoms with Crippen molar-refractivity contribution in [3.63, 3.8) is 0 Å². The molecule has 0 saturated heterocycles. The third-order valence-electron chi connectivity index (χ3n) is 1.22. The average Bonchev–Trinajstić information content (AvgIpc) is 2.13. The third kappa shape index (κ3) is 0.953. The van der Waals surface area contributed by atoms with Crippen LogP contribution in [0.15, 0.2) is 23.7 Å². The number of carboxylic acid groups (broad SMARTS) is 1. The maximum atomic E-state index is 10.2. The summed E-state index contributed by atoms with van der Waals surface area (Å²) in [5.41, 5.74) is 0. The summed E-state index contributed by atoms with van der Waals surface area (Å²) in [6, 6.07) is 0. The van der Waals surface area contributed by atoms with Crippen molar-refractivity contribution in [2.45, 2.75) is 0 Å². The fourth-order valence-electron chi connectivity index (χ4n) is 0.702. The van der Waals surface area contributed by atoms with E-state index in [4.69, 9.17) is 15.3 Å². The Balaban J connectivity index is 2.83. The Hall–Kier alpha value is -1.45. The lowest BCUT2D eigenvalue weighted by molar-refractivity contribution is -0.138. The molecule has 0 aromatic rings. The fourth-order valence-corrected chi connectivity index (χ4v) is 0.702. The molecule has 0 radical (unpaired) electrons. The van der Waals surface area contributed by atoms with Crippen molar-refractivity contribution >= 4 is 5.97 Å². The van der Waals surface area contributed by atoms with Gasteiger partial charge in [-0.15, -0.1) is 0 Å². The molecule has 4 heteroatoms. The molecule has 3 N–H and O–H groups in total. The molecule has 0 unspecified atom stereocenters. The van der Waals surface area contributed by atoms with Gasteiger partial charge < -0.3 is 15.3 Å². The molecule has 0 aliphatic heterocycles. The second kappa shape index (κ2) is 2.06. The van der Waals surface area contributed by atoms with Crippen LogP contribution in [-0.2, 0) is 4.79 Å². The lowest BCUT2D eigenvalue weighted by Gasteiger charge is -1.91. The summed E-state index contributed by atoms with van der Waals surface area (Å²) in [6.45, 7) is 0. The number of carboxylic acids is 1. The predicted octanol–water partition coefficient (Wildman–Crippen LogP) is 0.585. The van der Waals surface area contributed by atoms with Crippen LogP contribution in [0.4, 0.5) is 0 Å². The molecule has 0 heterocycles. The largest absolute Gasteiger partial charge is 0.504 e. The van der Waals surface area contributed by atoms with Crippen LogP contribution in [0.25, 0.3) is 0 Å². The quantitative estimate of drug-likeness (QED) is 0.500. The standard InChI is InChI=1S/C6H6O4/c7-4-1-3(6(9)10)2-5(4)8/h1-3,7-8H,(H,9,10). The van der Waals surface area contributed by atoms with Crippen LogP contribution in [0.2, 0.25) is 0 Å². The zero-order chi connectivity index (χ0) is 7.72. The highest BCUT2D eigenvalue weighted by atomic mass is 16.4. The van der Waals surface area contributed by atoms with Crippen molar-refractivity contribution in [3.05, 3.63) is 23.7 Å². The number of carbonyl (C=O) groups is 1. The minimum Gasteiger partial charge on any atom is -0.504 e. The maximum absolute atomic E-state index is 10.2. The minimum atomic E-state index is -1.09. The van der Waals surface area contributed by atoms with E-state index in [0.717, 1.165) is 12.2 Å². The lowest BCUT2D eigenvalue weighted by Crippen LogP contribution is -2.05. The van der Waals surface area contributed by atoms with E-state index in [1.165, 1.54) is 0 Å². The van der Waals surface area contributed by atoms with Crippen molar-refractivity contribution in [1.29, 1.82) is 0 Å². The van der Waals surface area contributed by atoms with Crippen LogP contribution in [-0.4, -0.2) is 21.3 Å². The molecule has 1 rings (SSSR count). The van der Waals surface area contributed by atoms with Crippen LogP contribution >= 0.6 is 0 Å². The van der Waals surface area contributed by atoms with Crippen molar-refractivity contribution in [2.24, 2.45) is 5.92 Å². The van der Waals surface area contributed by atoms with E-state index >= 15 is 0 Å². The molecule has 54 valence electrons. The van der Waals surface area contributed by atoms with Gasteiger partial charge in [0.15, 0.2) is 11.5 Å². The molecule has 0 spiro atoms. The van der Waals surface area contributed by atoms with Gasteiger partial charge in [-0.2, -0.15) is 0 Å². The van der Waals surface area contributed by atoms with Crippen LogP contribution < -0.4 is 0 Å². The molecule has 0 aromatic carbocycles. The first kappa shape index (κ1) is 6.67. The second-order valence-electron chi connectivity index (χ2n) is 1.97. The molecule has 0 amide bonds. The Morgan fingerprint density at radius 3 is 1.90 bits per heavy atom. The van der Waals surface area contributed by atoms with Gasteiger partial charge in [0.05, 0.1) is 0 Å². The normalized spacial score (nSPS) is 18.4. The van der Waals surface area contributed by atoms with Crippen molar-refractivity contribution in [3.8, 4) is 0 Å². The Morgan fingerprint density at radius 1 is 1.30 bits per heavy atom. The fraction of sp³-hybridized carbons (Fsp3) is 0.167. The molecular formula is C6H6O4. The number of aliphatic carboxylic acids is 1. The summed E-state index contributed by atoms with van der Waals surface area (Å²) in [5, 5.41) is 25.7. The van der Waals surface area contributed by atoms with Gasteiger partial charge in [-0.1, -0.05) is 0 Å². The van der Waals surface area contributed by atoms with Crippen molar-refractivity contribution in [1.82, 2.24) is 0 Å². The van der Waals surface area contributed by atoms with Gasteiger partial charge in [0.1, 0.15) is 5.92 Å². The minimum absolute atomic E-state index is 0.368. The summed E-state index contributed by atoms with van der Waals surface area (Å²) in [7, 11) is 0. The van der Waals surface area contributed by atoms with Gasteiger partial charge >= 0.3 is 5.97 Å². The van der Waals surface area contributed by atoms with E-state index in [-0.39, 0.29) is 11.5 Å². The van der Waals surface area contributed by atoms with Gasteiger partial charge in [0, 0.05) is 0 Å². The molecule has 0 bridgehead atoms. The van der Waals surface area contributed by atoms with Crippen LogP contribution in [0, 0.1) is 5.92 Å². The van der Waals surface area contributed by atoms with Gasteiger partial charge in [0.25, 0.3) is 0 Å². The molecule has 4 nitrogen and oxygen atoms in total. The van der Waals surface area contributed by atoms with Crippen LogP contribution in [0.1, 0.15) is 0 Å². The number of aliphatic hydroxyl groups is 2. The van der Waals surface area contributed by atoms with E-state index in [9.17, 15) is 4.79 Å². The van der Waals surface area contributed by atoms with Gasteiger partial charge in [-0.05, 0) is 12.2 Å². The predicted molar refractivity (Wildman–Crippen MR) is 32.5 cm³/mol. The SMILES string of the molecule is O=C(O)C1C=C(O)C(O)=C1. The zero-order valence-electron chi connectivity index (χ0n) is 4.98. The highest BCUT2D eigenvalue weighted by Crippen LogP contribution is 2.19. The molecule has 0 saturated carbocycles. The second-order valence-corrected chi connectivity index (χ2v) is 1.97. The summed E-state index contributed by atoms with van der Waals surface area (Å²) in [4.78, 5) is 10.2. The molecule has 0 aromatic heterocycles. The Bertz CT molecular complexity index is 208. The summed E-state index contributed by atoms with van der Waals surface area (Å²) in [5.74, 6) is -2.71. The van der Waals surface area contributed by atoms with Crippen LogP contribution in [0.3, 0.4) is 0 Å². The summed E-state index contributed by atoms with van der Waals surface area (Å²) >= 11 is 0. The van der Waals surface area contributed by atoms with E-state index in [1.54, 1.807) is 0 Å². The highest BCUT2D eigenvalue weighted by Gasteiger charge is 2.21. The Kier molecular flexibility index (Phi) is 1.37. The molecule has 1 aliphatic rings. The number of rotatable bonds is 1. The monoisotopic (exact) mass is 142 g/mol. The van der Waals surface area contributed by atoms with Crippen LogP contribution in [0.5, 0.6) is 0 Å².